The number of aryl methyl sites for hydroxylation is 1. The maximum absolute atomic E-state index is 12.6. The maximum Gasteiger partial charge on any atom is 0.356 e. The molecule has 0 saturated carbocycles. The minimum Gasteiger partial charge on any atom is -0.476 e. The van der Waals surface area contributed by atoms with E-state index in [2.05, 4.69) is 15.3 Å². The van der Waals surface area contributed by atoms with Crippen LogP contribution in [0.1, 0.15) is 67.5 Å². The number of esters is 1. The molecule has 0 saturated heterocycles. The molecule has 1 aliphatic carbocycles. The lowest BCUT2D eigenvalue weighted by atomic mass is 9.96. The number of carbonyl (C=O) groups excluding carboxylic acids is 2. The van der Waals surface area contributed by atoms with Crippen molar-refractivity contribution in [3.63, 3.8) is 0 Å². The third-order valence-electron chi connectivity index (χ3n) is 4.40. The number of carbonyl (C=O) groups is 3. The Labute approximate surface area is 159 Å². The van der Waals surface area contributed by atoms with Gasteiger partial charge in [-0.25, -0.2) is 19.6 Å². The van der Waals surface area contributed by atoms with Crippen LogP contribution in [0.15, 0.2) is 12.4 Å². The van der Waals surface area contributed by atoms with Gasteiger partial charge in [-0.1, -0.05) is 12.8 Å². The van der Waals surface area contributed by atoms with Gasteiger partial charge in [-0.2, -0.15) is 0 Å². The van der Waals surface area contributed by atoms with Crippen LogP contribution in [0.2, 0.25) is 0 Å². The third kappa shape index (κ3) is 3.97. The van der Waals surface area contributed by atoms with Crippen molar-refractivity contribution in [2.75, 3.05) is 12.4 Å². The van der Waals surface area contributed by atoms with Gasteiger partial charge >= 0.3 is 11.9 Å². The highest BCUT2D eigenvalue weighted by atomic mass is 32.1. The first kappa shape index (κ1) is 19.0. The molecule has 1 amide bonds. The van der Waals surface area contributed by atoms with Gasteiger partial charge in [-0.15, -0.1) is 11.3 Å². The fourth-order valence-corrected chi connectivity index (χ4v) is 4.42. The van der Waals surface area contributed by atoms with Crippen molar-refractivity contribution in [3.8, 4) is 0 Å². The summed E-state index contributed by atoms with van der Waals surface area (Å²) in [5, 5.41) is 12.2. The van der Waals surface area contributed by atoms with Crippen LogP contribution in [-0.2, 0) is 17.6 Å². The molecule has 0 fully saturated rings. The Bertz CT molecular complexity index is 893. The van der Waals surface area contributed by atoms with Gasteiger partial charge in [0.25, 0.3) is 5.91 Å². The van der Waals surface area contributed by atoms with E-state index in [1.807, 2.05) is 0 Å². The number of anilines is 1. The van der Waals surface area contributed by atoms with Crippen molar-refractivity contribution in [3.05, 3.63) is 39.8 Å². The predicted octanol–water partition coefficient (Wildman–Crippen LogP) is 2.93. The summed E-state index contributed by atoms with van der Waals surface area (Å²) in [4.78, 5) is 44.9. The number of aromatic carboxylic acids is 1. The minimum absolute atomic E-state index is 0.304. The summed E-state index contributed by atoms with van der Waals surface area (Å²) in [6.07, 6.45) is 8.26. The van der Waals surface area contributed by atoms with E-state index in [0.717, 1.165) is 49.0 Å². The Morgan fingerprint density at radius 2 is 1.74 bits per heavy atom. The summed E-state index contributed by atoms with van der Waals surface area (Å²) in [7, 11) is 1.30. The number of carboxylic acids is 1. The molecule has 0 unspecified atom stereocenters. The molecule has 0 bridgehead atoms. The summed E-state index contributed by atoms with van der Waals surface area (Å²) in [6.45, 7) is 0. The Morgan fingerprint density at radius 3 is 2.41 bits per heavy atom. The maximum atomic E-state index is 12.6. The molecule has 2 aromatic rings. The van der Waals surface area contributed by atoms with Gasteiger partial charge in [0.1, 0.15) is 5.00 Å². The molecule has 9 heteroatoms. The standard InChI is InChI=1S/C18H19N3O5S/c1-26-18(25)12-10-6-4-2-3-5-7-11(10)27-16(12)21-15(22)13-14(17(23)24)20-9-8-19-13/h8-9H,2-7H2,1H3,(H,21,22)(H,23,24). The number of rotatable bonds is 4. The lowest BCUT2D eigenvalue weighted by Gasteiger charge is -2.11. The van der Waals surface area contributed by atoms with Gasteiger partial charge in [0.05, 0.1) is 12.7 Å². The van der Waals surface area contributed by atoms with Crippen molar-refractivity contribution in [1.29, 1.82) is 0 Å². The van der Waals surface area contributed by atoms with E-state index in [1.165, 1.54) is 30.8 Å². The molecule has 8 nitrogen and oxygen atoms in total. The highest BCUT2D eigenvalue weighted by Crippen LogP contribution is 2.37. The first-order valence-corrected chi connectivity index (χ1v) is 9.43. The zero-order valence-corrected chi connectivity index (χ0v) is 15.6. The molecular weight excluding hydrogens is 370 g/mol. The van der Waals surface area contributed by atoms with Crippen LogP contribution in [0.25, 0.3) is 0 Å². The van der Waals surface area contributed by atoms with Gasteiger partial charge in [-0.3, -0.25) is 4.79 Å². The number of aromatic nitrogens is 2. The van der Waals surface area contributed by atoms with E-state index in [4.69, 9.17) is 4.74 Å². The van der Waals surface area contributed by atoms with Crippen molar-refractivity contribution in [2.24, 2.45) is 0 Å². The Hall–Kier alpha value is -2.81. The summed E-state index contributed by atoms with van der Waals surface area (Å²) >= 11 is 1.34. The average molecular weight is 389 g/mol. The van der Waals surface area contributed by atoms with Crippen LogP contribution in [-0.4, -0.2) is 40.0 Å². The Morgan fingerprint density at radius 1 is 1.07 bits per heavy atom. The molecule has 2 aromatic heterocycles. The lowest BCUT2D eigenvalue weighted by molar-refractivity contribution is 0.0600. The van der Waals surface area contributed by atoms with E-state index in [0.29, 0.717) is 10.6 Å². The van der Waals surface area contributed by atoms with Crippen LogP contribution in [0.5, 0.6) is 0 Å². The number of thiophene rings is 1. The largest absolute Gasteiger partial charge is 0.476 e. The Balaban J connectivity index is 1.99. The van der Waals surface area contributed by atoms with E-state index in [9.17, 15) is 19.5 Å². The van der Waals surface area contributed by atoms with Crippen molar-refractivity contribution in [1.82, 2.24) is 9.97 Å². The second kappa shape index (κ2) is 8.26. The third-order valence-corrected chi connectivity index (χ3v) is 5.61. The number of hydrogen-bond acceptors (Lipinski definition) is 7. The van der Waals surface area contributed by atoms with Crippen molar-refractivity contribution >= 4 is 34.2 Å². The van der Waals surface area contributed by atoms with Gasteiger partial charge in [-0.05, 0) is 31.2 Å². The minimum atomic E-state index is -1.35. The molecule has 2 N–H and O–H groups in total. The fraction of sp³-hybridized carbons (Fsp3) is 0.389. The number of amides is 1. The molecule has 27 heavy (non-hydrogen) atoms. The fourth-order valence-electron chi connectivity index (χ4n) is 3.15. The quantitative estimate of drug-likeness (QED) is 0.772. The first-order chi connectivity index (χ1) is 13.0. The first-order valence-electron chi connectivity index (χ1n) is 8.61. The monoisotopic (exact) mass is 389 g/mol. The topological polar surface area (TPSA) is 118 Å². The molecule has 142 valence electrons. The zero-order valence-electron chi connectivity index (χ0n) is 14.8. The number of hydrogen-bond donors (Lipinski definition) is 2. The SMILES string of the molecule is COC(=O)c1c(NC(=O)c2nccnc2C(=O)O)sc2c1CCCCCC2. The highest BCUT2D eigenvalue weighted by Gasteiger charge is 2.27. The molecule has 0 aromatic carbocycles. The Kier molecular flexibility index (Phi) is 5.80. The molecular formula is C18H19N3O5S. The van der Waals surface area contributed by atoms with Crippen LogP contribution in [0.4, 0.5) is 5.00 Å². The number of fused-ring (bicyclic) bond motifs is 1. The number of methoxy groups -OCH3 is 1. The van der Waals surface area contributed by atoms with Gasteiger partial charge in [0.2, 0.25) is 0 Å². The van der Waals surface area contributed by atoms with E-state index >= 15 is 0 Å². The molecule has 0 atom stereocenters. The number of carboxylic acid groups (broad SMARTS) is 1. The van der Waals surface area contributed by atoms with Crippen LogP contribution < -0.4 is 5.32 Å². The van der Waals surface area contributed by atoms with Crippen molar-refractivity contribution in [2.45, 2.75) is 38.5 Å². The molecule has 1 aliphatic rings. The summed E-state index contributed by atoms with van der Waals surface area (Å²) in [5.74, 6) is -2.58. The summed E-state index contributed by atoms with van der Waals surface area (Å²) in [5.41, 5.74) is 0.527. The molecule has 0 spiro atoms. The summed E-state index contributed by atoms with van der Waals surface area (Å²) < 4.78 is 4.92. The second-order valence-corrected chi connectivity index (χ2v) is 7.23. The molecule has 3 rings (SSSR count). The van der Waals surface area contributed by atoms with Crippen molar-refractivity contribution < 1.29 is 24.2 Å². The lowest BCUT2D eigenvalue weighted by Crippen LogP contribution is -2.20. The predicted molar refractivity (Wildman–Crippen MR) is 98.5 cm³/mol. The number of nitrogens with zero attached hydrogens (tertiary/aromatic N) is 2. The van der Waals surface area contributed by atoms with E-state index in [1.54, 1.807) is 0 Å². The van der Waals surface area contributed by atoms with Crippen LogP contribution >= 0.6 is 11.3 Å². The van der Waals surface area contributed by atoms with Gasteiger partial charge in [0, 0.05) is 17.3 Å². The molecule has 0 aliphatic heterocycles. The smallest absolute Gasteiger partial charge is 0.356 e. The highest BCUT2D eigenvalue weighted by molar-refractivity contribution is 7.17. The van der Waals surface area contributed by atoms with Crippen LogP contribution in [0, 0.1) is 0 Å². The number of ether oxygens (including phenoxy) is 1. The van der Waals surface area contributed by atoms with E-state index < -0.39 is 23.5 Å². The molecule has 0 radical (unpaired) electrons. The van der Waals surface area contributed by atoms with Gasteiger partial charge in [0.15, 0.2) is 11.4 Å². The number of nitrogens with one attached hydrogen (secondary N) is 1. The zero-order chi connectivity index (χ0) is 19.4. The second-order valence-electron chi connectivity index (χ2n) is 6.13. The molecule has 2 heterocycles. The van der Waals surface area contributed by atoms with E-state index in [-0.39, 0.29) is 5.69 Å². The van der Waals surface area contributed by atoms with Gasteiger partial charge < -0.3 is 15.2 Å². The summed E-state index contributed by atoms with van der Waals surface area (Å²) in [6, 6.07) is 0. The average Bonchev–Trinajstić information content (AvgIpc) is 2.97. The van der Waals surface area contributed by atoms with Crippen LogP contribution in [0.3, 0.4) is 0 Å². The normalized spacial score (nSPS) is 13.8.